The largest absolute Gasteiger partial charge is 0.493 e. The van der Waals surface area contributed by atoms with Crippen LogP contribution in [-0.4, -0.2) is 58.9 Å². The molecule has 0 radical (unpaired) electrons. The van der Waals surface area contributed by atoms with Gasteiger partial charge in [-0.3, -0.25) is 9.36 Å². The molecule has 0 aliphatic carbocycles. The van der Waals surface area contributed by atoms with Gasteiger partial charge in [0.15, 0.2) is 23.0 Å². The van der Waals surface area contributed by atoms with Gasteiger partial charge in [0.2, 0.25) is 0 Å². The average molecular weight is 516 g/mol. The first-order chi connectivity index (χ1) is 16.7. The number of hydrogen-bond donors (Lipinski definition) is 0. The molecular weight excluding hydrogens is 486 g/mol. The maximum atomic E-state index is 13.9. The Hall–Kier alpha value is -2.55. The van der Waals surface area contributed by atoms with Crippen molar-refractivity contribution in [2.24, 2.45) is 0 Å². The van der Waals surface area contributed by atoms with E-state index in [1.807, 2.05) is 56.2 Å². The number of imidazole rings is 1. The third-order valence-electron chi connectivity index (χ3n) is 6.45. The Morgan fingerprint density at radius 2 is 2.03 bits per heavy atom. The molecule has 0 saturated carbocycles. The molecule has 9 heteroatoms. The van der Waals surface area contributed by atoms with E-state index in [4.69, 9.17) is 30.8 Å². The summed E-state index contributed by atoms with van der Waals surface area (Å²) >= 11 is 7.81. The molecule has 2 aliphatic rings. The molecule has 0 unspecified atom stereocenters. The van der Waals surface area contributed by atoms with Gasteiger partial charge < -0.3 is 19.1 Å². The summed E-state index contributed by atoms with van der Waals surface area (Å²) < 4.78 is 19.5. The third-order valence-corrected chi connectivity index (χ3v) is 7.73. The molecule has 2 aromatic heterocycles. The minimum atomic E-state index is -0.406. The van der Waals surface area contributed by atoms with Crippen molar-refractivity contribution in [1.29, 1.82) is 0 Å². The van der Waals surface area contributed by atoms with Gasteiger partial charge in [-0.1, -0.05) is 11.6 Å². The Bertz CT molecular complexity index is 1280. The molecule has 0 atom stereocenters. The molecule has 1 fully saturated rings. The summed E-state index contributed by atoms with van der Waals surface area (Å²) in [6.07, 6.45) is 1.46. The van der Waals surface area contributed by atoms with Gasteiger partial charge in [0.25, 0.3) is 5.91 Å². The molecular formula is C26H30ClN3O4S. The Balaban J connectivity index is 1.70. The van der Waals surface area contributed by atoms with Crippen LogP contribution >= 0.6 is 22.9 Å². The summed E-state index contributed by atoms with van der Waals surface area (Å²) in [7, 11) is 1.65. The Kier molecular flexibility index (Phi) is 6.32. The second-order valence-electron chi connectivity index (χ2n) is 9.82. The third kappa shape index (κ3) is 4.32. The highest BCUT2D eigenvalue weighted by molar-refractivity contribution is 7.14. The van der Waals surface area contributed by atoms with Gasteiger partial charge >= 0.3 is 0 Å². The number of carbonyl (C=O) groups is 1. The highest BCUT2D eigenvalue weighted by Crippen LogP contribution is 2.41. The summed E-state index contributed by atoms with van der Waals surface area (Å²) in [4.78, 5) is 21.6. The SMILES string of the molecule is COc1cc2c(cc1OC(C)C)-n1c(-c3cc(Cl)cs3)nc(C(=O)N3CCOCC3(C)C)c1CC2. The zero-order chi connectivity index (χ0) is 24.9. The van der Waals surface area contributed by atoms with Gasteiger partial charge in [-0.25, -0.2) is 4.98 Å². The van der Waals surface area contributed by atoms with E-state index < -0.39 is 5.54 Å². The van der Waals surface area contributed by atoms with Crippen LogP contribution in [0.3, 0.4) is 0 Å². The minimum absolute atomic E-state index is 0.0101. The Morgan fingerprint density at radius 3 is 2.69 bits per heavy atom. The number of halogens is 1. The maximum Gasteiger partial charge on any atom is 0.274 e. The van der Waals surface area contributed by atoms with Crippen LogP contribution in [0.25, 0.3) is 16.4 Å². The first kappa shape index (κ1) is 24.2. The first-order valence-corrected chi connectivity index (χ1v) is 13.1. The number of methoxy groups -OCH3 is 1. The fourth-order valence-electron chi connectivity index (χ4n) is 4.83. The van der Waals surface area contributed by atoms with E-state index in [0.29, 0.717) is 54.2 Å². The lowest BCUT2D eigenvalue weighted by atomic mass is 9.98. The standard InChI is InChI=1S/C26H30ClN3O4S/c1-15(2)34-21-12-19-16(10-20(21)32-5)6-7-18-23(25(31)29-8-9-33-14-26(29,3)4)28-24(30(18)19)22-11-17(27)13-35-22/h10-13,15H,6-9,14H2,1-5H3. The number of fused-ring (bicyclic) bond motifs is 3. The highest BCUT2D eigenvalue weighted by atomic mass is 35.5. The number of thiophene rings is 1. The molecule has 1 amide bonds. The molecule has 2 aliphatic heterocycles. The van der Waals surface area contributed by atoms with Crippen LogP contribution in [0.1, 0.15) is 49.4 Å². The van der Waals surface area contributed by atoms with Gasteiger partial charge in [-0.2, -0.15) is 0 Å². The number of carbonyl (C=O) groups excluding carboxylic acids is 1. The fourth-order valence-corrected chi connectivity index (χ4v) is 5.88. The molecule has 4 heterocycles. The van der Waals surface area contributed by atoms with Crippen LogP contribution in [0.15, 0.2) is 23.6 Å². The van der Waals surface area contributed by atoms with Crippen LogP contribution in [0, 0.1) is 0 Å². The predicted molar refractivity (Wildman–Crippen MR) is 138 cm³/mol. The number of aryl methyl sites for hydroxylation is 1. The molecule has 5 rings (SSSR count). The number of morpholine rings is 1. The second kappa shape index (κ2) is 9.15. The molecule has 1 saturated heterocycles. The van der Waals surface area contributed by atoms with Gasteiger partial charge in [-0.05, 0) is 58.2 Å². The van der Waals surface area contributed by atoms with Gasteiger partial charge in [0.1, 0.15) is 0 Å². The van der Waals surface area contributed by atoms with E-state index in [0.717, 1.165) is 28.2 Å². The van der Waals surface area contributed by atoms with Gasteiger partial charge in [-0.15, -0.1) is 11.3 Å². The number of hydrogen-bond acceptors (Lipinski definition) is 6. The van der Waals surface area contributed by atoms with E-state index in [-0.39, 0.29) is 12.0 Å². The molecule has 186 valence electrons. The van der Waals surface area contributed by atoms with Crippen molar-refractivity contribution in [3.63, 3.8) is 0 Å². The molecule has 0 N–H and O–H groups in total. The monoisotopic (exact) mass is 515 g/mol. The van der Waals surface area contributed by atoms with Crippen molar-refractivity contribution in [2.45, 2.75) is 52.2 Å². The van der Waals surface area contributed by atoms with E-state index in [9.17, 15) is 4.79 Å². The number of aromatic nitrogens is 2. The molecule has 35 heavy (non-hydrogen) atoms. The maximum absolute atomic E-state index is 13.9. The number of nitrogens with zero attached hydrogens (tertiary/aromatic N) is 3. The Labute approximate surface area is 214 Å². The van der Waals surface area contributed by atoms with Crippen molar-refractivity contribution < 1.29 is 19.0 Å². The van der Waals surface area contributed by atoms with Crippen LogP contribution in [-0.2, 0) is 17.6 Å². The van der Waals surface area contributed by atoms with Crippen molar-refractivity contribution in [3.05, 3.63) is 45.6 Å². The van der Waals surface area contributed by atoms with Crippen molar-refractivity contribution in [1.82, 2.24) is 14.5 Å². The summed E-state index contributed by atoms with van der Waals surface area (Å²) in [6.45, 7) is 9.60. The summed E-state index contributed by atoms with van der Waals surface area (Å²) in [5.74, 6) is 2.02. The summed E-state index contributed by atoms with van der Waals surface area (Å²) in [5.41, 5.74) is 3.07. The highest BCUT2D eigenvalue weighted by Gasteiger charge is 2.38. The van der Waals surface area contributed by atoms with Crippen molar-refractivity contribution in [3.8, 4) is 27.9 Å². The van der Waals surface area contributed by atoms with E-state index >= 15 is 0 Å². The summed E-state index contributed by atoms with van der Waals surface area (Å²) in [5, 5.41) is 2.54. The number of amides is 1. The van der Waals surface area contributed by atoms with E-state index in [2.05, 4.69) is 4.57 Å². The minimum Gasteiger partial charge on any atom is -0.493 e. The second-order valence-corrected chi connectivity index (χ2v) is 11.2. The quantitative estimate of drug-likeness (QED) is 0.455. The van der Waals surface area contributed by atoms with Crippen LogP contribution in [0.5, 0.6) is 11.5 Å². The Morgan fingerprint density at radius 1 is 1.23 bits per heavy atom. The summed E-state index contributed by atoms with van der Waals surface area (Å²) in [6, 6.07) is 5.94. The number of rotatable bonds is 5. The fraction of sp³-hybridized carbons (Fsp3) is 0.462. The molecule has 3 aromatic rings. The normalized spacial score (nSPS) is 16.7. The molecule has 0 bridgehead atoms. The number of ether oxygens (including phenoxy) is 3. The van der Waals surface area contributed by atoms with Crippen LogP contribution in [0.2, 0.25) is 5.02 Å². The van der Waals surface area contributed by atoms with Crippen molar-refractivity contribution in [2.75, 3.05) is 26.9 Å². The molecule has 0 spiro atoms. The predicted octanol–water partition coefficient (Wildman–Crippen LogP) is 5.40. The molecule has 7 nitrogen and oxygen atoms in total. The van der Waals surface area contributed by atoms with Crippen LogP contribution < -0.4 is 9.47 Å². The zero-order valence-corrected chi connectivity index (χ0v) is 22.3. The smallest absolute Gasteiger partial charge is 0.274 e. The molecule has 1 aromatic carbocycles. The lowest BCUT2D eigenvalue weighted by molar-refractivity contribution is -0.0373. The first-order valence-electron chi connectivity index (χ1n) is 11.8. The van der Waals surface area contributed by atoms with Gasteiger partial charge in [0.05, 0.1) is 53.2 Å². The number of benzene rings is 1. The van der Waals surface area contributed by atoms with Gasteiger partial charge in [0, 0.05) is 18.0 Å². The van der Waals surface area contributed by atoms with E-state index in [1.165, 1.54) is 11.3 Å². The zero-order valence-electron chi connectivity index (χ0n) is 20.7. The van der Waals surface area contributed by atoms with Crippen LogP contribution in [0.4, 0.5) is 0 Å². The lowest BCUT2D eigenvalue weighted by Gasteiger charge is -2.41. The lowest BCUT2D eigenvalue weighted by Crippen LogP contribution is -2.55. The van der Waals surface area contributed by atoms with E-state index in [1.54, 1.807) is 7.11 Å². The average Bonchev–Trinajstić information content (AvgIpc) is 3.41. The topological polar surface area (TPSA) is 65.8 Å². The van der Waals surface area contributed by atoms with Crippen molar-refractivity contribution >= 4 is 28.8 Å².